The predicted molar refractivity (Wildman–Crippen MR) is 134 cm³/mol. The van der Waals surface area contributed by atoms with Gasteiger partial charge in [-0.15, -0.1) is 0 Å². The molecular weight excluding hydrogens is 498 g/mol. The van der Waals surface area contributed by atoms with Gasteiger partial charge in [0.25, 0.3) is 0 Å². The van der Waals surface area contributed by atoms with Crippen molar-refractivity contribution in [2.45, 2.75) is 13.8 Å². The summed E-state index contributed by atoms with van der Waals surface area (Å²) in [4.78, 5) is 25.4. The third kappa shape index (κ3) is 4.70. The van der Waals surface area contributed by atoms with E-state index in [1.165, 1.54) is 0 Å². The smallest absolute Gasteiger partial charge is 0.340 e. The molecule has 1 aromatic heterocycles. The lowest BCUT2D eigenvalue weighted by Crippen LogP contribution is -2.11. The van der Waals surface area contributed by atoms with E-state index in [2.05, 4.69) is 15.9 Å². The lowest BCUT2D eigenvalue weighted by Gasteiger charge is -2.10. The number of aromatic nitrogens is 1. The van der Waals surface area contributed by atoms with Crippen LogP contribution in [0.3, 0.4) is 0 Å². The van der Waals surface area contributed by atoms with Crippen molar-refractivity contribution in [1.82, 2.24) is 4.57 Å². The molecule has 174 valence electrons. The number of ether oxygens (including phenoxy) is 3. The second kappa shape index (κ2) is 10.1. The molecule has 0 aliphatic heterocycles. The van der Waals surface area contributed by atoms with Crippen LogP contribution in [0.15, 0.2) is 71.2 Å². The van der Waals surface area contributed by atoms with E-state index < -0.39 is 5.97 Å². The Labute approximate surface area is 206 Å². The van der Waals surface area contributed by atoms with Gasteiger partial charge < -0.3 is 18.8 Å². The average molecular weight is 522 g/mol. The first-order valence-electron chi connectivity index (χ1n) is 10.8. The Morgan fingerprint density at radius 3 is 2.26 bits per heavy atom. The number of benzene rings is 3. The Bertz CT molecular complexity index is 1340. The van der Waals surface area contributed by atoms with Crippen LogP contribution in [0.5, 0.6) is 11.5 Å². The van der Waals surface area contributed by atoms with E-state index in [1.807, 2.05) is 54.0 Å². The topological polar surface area (TPSA) is 66.8 Å². The number of esters is 1. The van der Waals surface area contributed by atoms with Crippen LogP contribution < -0.4 is 9.47 Å². The molecule has 0 bridgehead atoms. The third-order valence-electron chi connectivity index (χ3n) is 5.52. The molecule has 1 heterocycles. The normalized spacial score (nSPS) is 10.8. The number of carbonyl (C=O) groups is 2. The lowest BCUT2D eigenvalue weighted by atomic mass is 10.1. The minimum Gasteiger partial charge on any atom is -0.497 e. The molecule has 34 heavy (non-hydrogen) atoms. The highest BCUT2D eigenvalue weighted by molar-refractivity contribution is 9.10. The Morgan fingerprint density at radius 2 is 1.62 bits per heavy atom. The number of ketones is 1. The summed E-state index contributed by atoms with van der Waals surface area (Å²) in [7, 11) is 1.62. The number of carbonyl (C=O) groups excluding carboxylic acids is 2. The van der Waals surface area contributed by atoms with E-state index in [-0.39, 0.29) is 19.0 Å². The highest BCUT2D eigenvalue weighted by atomic mass is 79.9. The molecule has 0 N–H and O–H groups in total. The van der Waals surface area contributed by atoms with Gasteiger partial charge in [-0.3, -0.25) is 4.79 Å². The molecule has 3 aromatic carbocycles. The summed E-state index contributed by atoms with van der Waals surface area (Å²) in [5.74, 6) is 0.704. The molecule has 0 saturated heterocycles. The zero-order valence-corrected chi connectivity index (χ0v) is 20.7. The second-order valence-corrected chi connectivity index (χ2v) is 8.53. The van der Waals surface area contributed by atoms with Gasteiger partial charge in [0.2, 0.25) is 0 Å². The molecule has 0 unspecified atom stereocenters. The first-order valence-corrected chi connectivity index (χ1v) is 11.6. The van der Waals surface area contributed by atoms with E-state index in [0.29, 0.717) is 22.3 Å². The summed E-state index contributed by atoms with van der Waals surface area (Å²) in [6, 6.07) is 20.2. The predicted octanol–water partition coefficient (Wildman–Crippen LogP) is 6.15. The van der Waals surface area contributed by atoms with Crippen LogP contribution in [0.25, 0.3) is 16.6 Å². The van der Waals surface area contributed by atoms with Crippen LogP contribution in [-0.2, 0) is 4.74 Å². The van der Waals surface area contributed by atoms with Gasteiger partial charge in [-0.05, 0) is 68.4 Å². The fourth-order valence-electron chi connectivity index (χ4n) is 3.88. The molecule has 4 aromatic rings. The van der Waals surface area contributed by atoms with Crippen LogP contribution in [0.2, 0.25) is 0 Å². The van der Waals surface area contributed by atoms with E-state index >= 15 is 0 Å². The summed E-state index contributed by atoms with van der Waals surface area (Å²) < 4.78 is 19.3. The number of fused-ring (bicyclic) bond motifs is 1. The summed E-state index contributed by atoms with van der Waals surface area (Å²) in [6.07, 6.45) is 0. The number of Topliss-reactive ketones (excluding diaryl/α,β-unsaturated/α-hetero) is 1. The molecule has 0 aliphatic rings. The van der Waals surface area contributed by atoms with E-state index in [4.69, 9.17) is 14.2 Å². The molecule has 0 aliphatic carbocycles. The fourth-order valence-corrected chi connectivity index (χ4v) is 4.14. The van der Waals surface area contributed by atoms with E-state index in [9.17, 15) is 9.59 Å². The lowest BCUT2D eigenvalue weighted by molar-refractivity contribution is 0.0527. The Morgan fingerprint density at radius 1 is 0.941 bits per heavy atom. The summed E-state index contributed by atoms with van der Waals surface area (Å²) in [6.45, 7) is 3.82. The molecular formula is C27H24BrNO5. The van der Waals surface area contributed by atoms with Gasteiger partial charge in [-0.25, -0.2) is 4.79 Å². The quantitative estimate of drug-likeness (QED) is 0.205. The van der Waals surface area contributed by atoms with Gasteiger partial charge in [0, 0.05) is 26.8 Å². The van der Waals surface area contributed by atoms with Crippen molar-refractivity contribution >= 4 is 38.6 Å². The standard InChI is InChI=1S/C27H24BrNO5/c1-4-33-27(31)26-17(2)29(20-9-11-21(32-3)12-10-20)24-14-13-22(15-23(24)26)34-16-25(30)18-5-7-19(28)8-6-18/h5-15H,4,16H2,1-3H3. The molecule has 4 rings (SSSR count). The van der Waals surface area contributed by atoms with Crippen molar-refractivity contribution in [3.63, 3.8) is 0 Å². The number of methoxy groups -OCH3 is 1. The average Bonchev–Trinajstić information content (AvgIpc) is 3.14. The maximum Gasteiger partial charge on any atom is 0.340 e. The highest BCUT2D eigenvalue weighted by Gasteiger charge is 2.22. The van der Waals surface area contributed by atoms with Crippen LogP contribution in [0, 0.1) is 6.92 Å². The van der Waals surface area contributed by atoms with Crippen molar-refractivity contribution in [2.24, 2.45) is 0 Å². The number of nitrogens with zero attached hydrogens (tertiary/aromatic N) is 1. The van der Waals surface area contributed by atoms with Crippen molar-refractivity contribution in [3.8, 4) is 17.2 Å². The van der Waals surface area contributed by atoms with Gasteiger partial charge in [0.15, 0.2) is 12.4 Å². The largest absolute Gasteiger partial charge is 0.497 e. The molecule has 6 nitrogen and oxygen atoms in total. The van der Waals surface area contributed by atoms with Crippen LogP contribution in [-0.4, -0.2) is 36.6 Å². The van der Waals surface area contributed by atoms with E-state index in [0.717, 1.165) is 27.1 Å². The van der Waals surface area contributed by atoms with Crippen LogP contribution >= 0.6 is 15.9 Å². The monoisotopic (exact) mass is 521 g/mol. The van der Waals surface area contributed by atoms with Gasteiger partial charge >= 0.3 is 5.97 Å². The van der Waals surface area contributed by atoms with Gasteiger partial charge in [0.05, 0.1) is 24.8 Å². The molecule has 0 atom stereocenters. The third-order valence-corrected chi connectivity index (χ3v) is 6.05. The molecule has 0 radical (unpaired) electrons. The highest BCUT2D eigenvalue weighted by Crippen LogP contribution is 2.33. The minimum atomic E-state index is -0.402. The Kier molecular flexibility index (Phi) is 7.03. The van der Waals surface area contributed by atoms with Crippen molar-refractivity contribution in [1.29, 1.82) is 0 Å². The number of halogens is 1. The van der Waals surface area contributed by atoms with Gasteiger partial charge in [-0.1, -0.05) is 28.1 Å². The molecule has 0 fully saturated rings. The number of hydrogen-bond donors (Lipinski definition) is 0. The van der Waals surface area contributed by atoms with Crippen molar-refractivity contribution in [2.75, 3.05) is 20.3 Å². The summed E-state index contributed by atoms with van der Waals surface area (Å²) in [5.41, 5.74) is 3.51. The fraction of sp³-hybridized carbons (Fsp3) is 0.185. The van der Waals surface area contributed by atoms with E-state index in [1.54, 1.807) is 38.3 Å². The maximum absolute atomic E-state index is 12.9. The van der Waals surface area contributed by atoms with Crippen molar-refractivity contribution in [3.05, 3.63) is 88.0 Å². The first kappa shape index (κ1) is 23.6. The summed E-state index contributed by atoms with van der Waals surface area (Å²) in [5, 5.41) is 0.695. The molecule has 0 spiro atoms. The van der Waals surface area contributed by atoms with Gasteiger partial charge in [0.1, 0.15) is 11.5 Å². The number of rotatable bonds is 8. The minimum absolute atomic E-state index is 0.111. The maximum atomic E-state index is 12.9. The Balaban J connectivity index is 1.71. The van der Waals surface area contributed by atoms with Crippen LogP contribution in [0.1, 0.15) is 33.3 Å². The molecule has 0 saturated carbocycles. The zero-order valence-electron chi connectivity index (χ0n) is 19.1. The van der Waals surface area contributed by atoms with Crippen molar-refractivity contribution < 1.29 is 23.8 Å². The molecule has 0 amide bonds. The molecule has 7 heteroatoms. The van der Waals surface area contributed by atoms with Crippen LogP contribution in [0.4, 0.5) is 0 Å². The second-order valence-electron chi connectivity index (χ2n) is 7.61. The Hall–Kier alpha value is -3.58. The first-order chi connectivity index (χ1) is 16.4. The SMILES string of the molecule is CCOC(=O)c1c(C)n(-c2ccc(OC)cc2)c2ccc(OCC(=O)c3ccc(Br)cc3)cc12. The van der Waals surface area contributed by atoms with Gasteiger partial charge in [-0.2, -0.15) is 0 Å². The zero-order chi connectivity index (χ0) is 24.2. The number of hydrogen-bond acceptors (Lipinski definition) is 5. The summed E-state index contributed by atoms with van der Waals surface area (Å²) >= 11 is 3.37.